The summed E-state index contributed by atoms with van der Waals surface area (Å²) in [7, 11) is 0. The van der Waals surface area contributed by atoms with E-state index in [4.69, 9.17) is 5.73 Å². The Kier molecular flexibility index (Phi) is 6.99. The van der Waals surface area contributed by atoms with Gasteiger partial charge in [0.25, 0.3) is 5.91 Å². The molecule has 6 heteroatoms. The van der Waals surface area contributed by atoms with E-state index in [1.54, 1.807) is 29.2 Å². The van der Waals surface area contributed by atoms with Crippen molar-refractivity contribution >= 4 is 35.6 Å². The summed E-state index contributed by atoms with van der Waals surface area (Å²) in [6.07, 6.45) is 1.48. The number of anilines is 2. The predicted molar refractivity (Wildman–Crippen MR) is 112 cm³/mol. The standard InChI is InChI=1S/C21H25N3O2.ClH/c1-14(2)12-18(22)20(25)23-17-8-5-7-16(13-17)21(26)24-11-10-15-6-3-4-9-19(15)24;/h3-9,13-14,18H,10-12,22H2,1-2H3,(H,23,25);1H/t18-;/m0./s1. The van der Waals surface area contributed by atoms with Crippen LogP contribution in [0.3, 0.4) is 0 Å². The van der Waals surface area contributed by atoms with Gasteiger partial charge in [-0.15, -0.1) is 12.4 Å². The molecule has 0 aliphatic carbocycles. The lowest BCUT2D eigenvalue weighted by Crippen LogP contribution is -2.36. The molecule has 0 saturated carbocycles. The zero-order chi connectivity index (χ0) is 18.7. The number of amides is 2. The van der Waals surface area contributed by atoms with E-state index in [2.05, 4.69) is 11.4 Å². The Bertz CT molecular complexity index is 823. The van der Waals surface area contributed by atoms with E-state index in [1.165, 1.54) is 5.56 Å². The summed E-state index contributed by atoms with van der Waals surface area (Å²) in [5, 5.41) is 2.82. The first-order chi connectivity index (χ1) is 12.5. The quantitative estimate of drug-likeness (QED) is 0.822. The molecule has 3 rings (SSSR count). The number of nitrogens with one attached hydrogen (secondary N) is 1. The van der Waals surface area contributed by atoms with Gasteiger partial charge in [0.05, 0.1) is 6.04 Å². The smallest absolute Gasteiger partial charge is 0.258 e. The molecule has 144 valence electrons. The van der Waals surface area contributed by atoms with Gasteiger partial charge in [-0.2, -0.15) is 0 Å². The summed E-state index contributed by atoms with van der Waals surface area (Å²) in [4.78, 5) is 26.9. The van der Waals surface area contributed by atoms with Gasteiger partial charge in [0.1, 0.15) is 0 Å². The van der Waals surface area contributed by atoms with Gasteiger partial charge in [0.15, 0.2) is 0 Å². The Hall–Kier alpha value is -2.37. The van der Waals surface area contributed by atoms with Crippen molar-refractivity contribution < 1.29 is 9.59 Å². The van der Waals surface area contributed by atoms with E-state index in [1.807, 2.05) is 32.0 Å². The Morgan fingerprint density at radius 1 is 1.15 bits per heavy atom. The highest BCUT2D eigenvalue weighted by atomic mass is 35.5. The van der Waals surface area contributed by atoms with E-state index in [0.29, 0.717) is 30.1 Å². The highest BCUT2D eigenvalue weighted by Crippen LogP contribution is 2.29. The van der Waals surface area contributed by atoms with Crippen LogP contribution in [0.5, 0.6) is 0 Å². The monoisotopic (exact) mass is 387 g/mol. The second-order valence-electron chi connectivity index (χ2n) is 7.14. The lowest BCUT2D eigenvalue weighted by atomic mass is 10.0. The molecule has 0 aromatic heterocycles. The minimum absolute atomic E-state index is 0. The first kappa shape index (κ1) is 20.9. The third kappa shape index (κ3) is 4.87. The molecule has 0 bridgehead atoms. The van der Waals surface area contributed by atoms with Crippen LogP contribution in [0.25, 0.3) is 0 Å². The fraction of sp³-hybridized carbons (Fsp3) is 0.333. The van der Waals surface area contributed by atoms with Gasteiger partial charge in [-0.25, -0.2) is 0 Å². The van der Waals surface area contributed by atoms with E-state index < -0.39 is 6.04 Å². The number of rotatable bonds is 5. The van der Waals surface area contributed by atoms with Crippen LogP contribution in [0.4, 0.5) is 11.4 Å². The van der Waals surface area contributed by atoms with Crippen molar-refractivity contribution in [2.45, 2.75) is 32.7 Å². The predicted octanol–water partition coefficient (Wildman–Crippen LogP) is 3.62. The van der Waals surface area contributed by atoms with Crippen LogP contribution in [0, 0.1) is 5.92 Å². The number of carbonyl (C=O) groups is 2. The second-order valence-corrected chi connectivity index (χ2v) is 7.14. The number of para-hydroxylation sites is 1. The Morgan fingerprint density at radius 3 is 2.63 bits per heavy atom. The Labute approximate surface area is 166 Å². The normalized spacial score (nSPS) is 13.7. The van der Waals surface area contributed by atoms with Crippen molar-refractivity contribution in [1.29, 1.82) is 0 Å². The van der Waals surface area contributed by atoms with Crippen molar-refractivity contribution in [2.75, 3.05) is 16.8 Å². The Balaban J connectivity index is 0.00000261. The average molecular weight is 388 g/mol. The summed E-state index contributed by atoms with van der Waals surface area (Å²) in [6, 6.07) is 14.4. The number of benzene rings is 2. The van der Waals surface area contributed by atoms with Crippen LogP contribution in [0.1, 0.15) is 36.2 Å². The third-order valence-corrected chi connectivity index (χ3v) is 4.57. The second kappa shape index (κ2) is 9.02. The van der Waals surface area contributed by atoms with Gasteiger partial charge in [0, 0.05) is 23.5 Å². The van der Waals surface area contributed by atoms with Gasteiger partial charge in [-0.1, -0.05) is 38.1 Å². The van der Waals surface area contributed by atoms with Gasteiger partial charge in [-0.3, -0.25) is 9.59 Å². The van der Waals surface area contributed by atoms with Crippen molar-refractivity contribution in [3.05, 3.63) is 59.7 Å². The highest BCUT2D eigenvalue weighted by Gasteiger charge is 2.25. The minimum atomic E-state index is -0.556. The van der Waals surface area contributed by atoms with Gasteiger partial charge >= 0.3 is 0 Å². The molecule has 1 atom stereocenters. The fourth-order valence-corrected chi connectivity index (χ4v) is 3.28. The average Bonchev–Trinajstić information content (AvgIpc) is 3.04. The van der Waals surface area contributed by atoms with Crippen LogP contribution in [-0.2, 0) is 11.2 Å². The van der Waals surface area contributed by atoms with Crippen LogP contribution in [0.15, 0.2) is 48.5 Å². The van der Waals surface area contributed by atoms with E-state index >= 15 is 0 Å². The zero-order valence-electron chi connectivity index (χ0n) is 15.6. The van der Waals surface area contributed by atoms with Crippen LogP contribution < -0.4 is 16.0 Å². The molecule has 27 heavy (non-hydrogen) atoms. The first-order valence-corrected chi connectivity index (χ1v) is 9.02. The van der Waals surface area contributed by atoms with Crippen molar-refractivity contribution in [1.82, 2.24) is 0 Å². The fourth-order valence-electron chi connectivity index (χ4n) is 3.28. The molecule has 0 saturated heterocycles. The molecule has 2 aromatic rings. The molecule has 2 amide bonds. The molecule has 0 radical (unpaired) electrons. The summed E-state index contributed by atoms with van der Waals surface area (Å²) in [6.45, 7) is 4.73. The van der Waals surface area contributed by atoms with Crippen LogP contribution in [-0.4, -0.2) is 24.4 Å². The maximum atomic E-state index is 12.9. The molecular weight excluding hydrogens is 362 g/mol. The SMILES string of the molecule is CC(C)C[C@H](N)C(=O)Nc1cccc(C(=O)N2CCc3ccccc32)c1.Cl. The van der Waals surface area contributed by atoms with E-state index in [9.17, 15) is 9.59 Å². The van der Waals surface area contributed by atoms with Crippen LogP contribution in [0.2, 0.25) is 0 Å². The maximum absolute atomic E-state index is 12.9. The zero-order valence-corrected chi connectivity index (χ0v) is 16.5. The minimum Gasteiger partial charge on any atom is -0.325 e. The number of hydrogen-bond acceptors (Lipinski definition) is 3. The maximum Gasteiger partial charge on any atom is 0.258 e. The summed E-state index contributed by atoms with van der Waals surface area (Å²) in [5.74, 6) is 0.0613. The Morgan fingerprint density at radius 2 is 1.89 bits per heavy atom. The molecular formula is C21H26ClN3O2. The number of fused-ring (bicyclic) bond motifs is 1. The number of hydrogen-bond donors (Lipinski definition) is 2. The number of nitrogens with zero attached hydrogens (tertiary/aromatic N) is 1. The van der Waals surface area contributed by atoms with Crippen molar-refractivity contribution in [3.8, 4) is 0 Å². The van der Waals surface area contributed by atoms with Gasteiger partial charge in [0.2, 0.25) is 5.91 Å². The molecule has 0 fully saturated rings. The molecule has 1 heterocycles. The molecule has 0 unspecified atom stereocenters. The van der Waals surface area contributed by atoms with Gasteiger partial charge < -0.3 is 16.0 Å². The van der Waals surface area contributed by atoms with Crippen LogP contribution >= 0.6 is 12.4 Å². The lowest BCUT2D eigenvalue weighted by Gasteiger charge is -2.18. The lowest BCUT2D eigenvalue weighted by molar-refractivity contribution is -0.117. The first-order valence-electron chi connectivity index (χ1n) is 9.02. The summed E-state index contributed by atoms with van der Waals surface area (Å²) >= 11 is 0. The largest absolute Gasteiger partial charge is 0.325 e. The van der Waals surface area contributed by atoms with E-state index in [0.717, 1.165) is 12.1 Å². The molecule has 5 nitrogen and oxygen atoms in total. The third-order valence-electron chi connectivity index (χ3n) is 4.57. The molecule has 1 aliphatic rings. The van der Waals surface area contributed by atoms with Crippen molar-refractivity contribution in [3.63, 3.8) is 0 Å². The number of halogens is 1. The number of nitrogens with two attached hydrogens (primary N) is 1. The molecule has 3 N–H and O–H groups in total. The summed E-state index contributed by atoms with van der Waals surface area (Å²) in [5.41, 5.74) is 9.22. The molecule has 0 spiro atoms. The summed E-state index contributed by atoms with van der Waals surface area (Å²) < 4.78 is 0. The topological polar surface area (TPSA) is 75.4 Å². The van der Waals surface area contributed by atoms with E-state index in [-0.39, 0.29) is 24.2 Å². The molecule has 1 aliphatic heterocycles. The van der Waals surface area contributed by atoms with Gasteiger partial charge in [-0.05, 0) is 48.6 Å². The van der Waals surface area contributed by atoms with Crippen molar-refractivity contribution in [2.24, 2.45) is 11.7 Å². The highest BCUT2D eigenvalue weighted by molar-refractivity contribution is 6.08. The number of carbonyl (C=O) groups excluding carboxylic acids is 2. The molecule has 2 aromatic carbocycles.